The third kappa shape index (κ3) is 5.32. The van der Waals surface area contributed by atoms with Crippen molar-refractivity contribution in [3.05, 3.63) is 35.6 Å². The molecular weight excluding hydrogens is 285 g/mol. The molecule has 0 saturated carbocycles. The molecular formula is C17H26FNO3. The van der Waals surface area contributed by atoms with E-state index in [0.717, 1.165) is 31.6 Å². The molecule has 1 atom stereocenters. The SMILES string of the molecule is CC(C)(NCC(O)COC1CCOCC1)c1cccc(F)c1. The summed E-state index contributed by atoms with van der Waals surface area (Å²) in [6, 6.07) is 6.51. The summed E-state index contributed by atoms with van der Waals surface area (Å²) in [6.07, 6.45) is 1.36. The first-order valence-electron chi connectivity index (χ1n) is 7.86. The zero-order chi connectivity index (χ0) is 16.0. The molecule has 2 N–H and O–H groups in total. The average Bonchev–Trinajstić information content (AvgIpc) is 2.52. The number of rotatable bonds is 7. The van der Waals surface area contributed by atoms with Gasteiger partial charge in [-0.2, -0.15) is 0 Å². The van der Waals surface area contributed by atoms with Crippen LogP contribution in [-0.2, 0) is 15.0 Å². The highest BCUT2D eigenvalue weighted by molar-refractivity contribution is 5.23. The third-order valence-electron chi connectivity index (χ3n) is 4.02. The second-order valence-corrected chi connectivity index (χ2v) is 6.32. The number of halogens is 1. The van der Waals surface area contributed by atoms with Crippen LogP contribution in [0.4, 0.5) is 4.39 Å². The van der Waals surface area contributed by atoms with E-state index in [4.69, 9.17) is 9.47 Å². The number of benzene rings is 1. The summed E-state index contributed by atoms with van der Waals surface area (Å²) in [4.78, 5) is 0. The second-order valence-electron chi connectivity index (χ2n) is 6.32. The summed E-state index contributed by atoms with van der Waals surface area (Å²) in [5.41, 5.74) is 0.437. The minimum Gasteiger partial charge on any atom is -0.389 e. The minimum absolute atomic E-state index is 0.180. The van der Waals surface area contributed by atoms with Crippen molar-refractivity contribution in [2.24, 2.45) is 0 Å². The van der Waals surface area contributed by atoms with Gasteiger partial charge in [-0.3, -0.25) is 0 Å². The van der Waals surface area contributed by atoms with E-state index in [0.29, 0.717) is 13.2 Å². The Hall–Kier alpha value is -1.01. The predicted molar refractivity (Wildman–Crippen MR) is 83.2 cm³/mol. The zero-order valence-electron chi connectivity index (χ0n) is 13.3. The van der Waals surface area contributed by atoms with Gasteiger partial charge in [-0.05, 0) is 44.4 Å². The molecule has 2 rings (SSSR count). The summed E-state index contributed by atoms with van der Waals surface area (Å²) in [7, 11) is 0. The van der Waals surface area contributed by atoms with Crippen molar-refractivity contribution in [3.63, 3.8) is 0 Å². The Morgan fingerprint density at radius 1 is 1.41 bits per heavy atom. The average molecular weight is 311 g/mol. The molecule has 0 bridgehead atoms. The highest BCUT2D eigenvalue weighted by atomic mass is 19.1. The molecule has 1 aromatic carbocycles. The number of aliphatic hydroxyl groups is 1. The van der Waals surface area contributed by atoms with Crippen LogP contribution in [0.2, 0.25) is 0 Å². The van der Waals surface area contributed by atoms with E-state index in [2.05, 4.69) is 5.32 Å². The van der Waals surface area contributed by atoms with Gasteiger partial charge in [0.15, 0.2) is 0 Å². The van der Waals surface area contributed by atoms with E-state index in [1.807, 2.05) is 19.9 Å². The van der Waals surface area contributed by atoms with Crippen LogP contribution in [0.5, 0.6) is 0 Å². The second kappa shape index (κ2) is 8.02. The number of hydrogen-bond acceptors (Lipinski definition) is 4. The molecule has 0 aromatic heterocycles. The Kier molecular flexibility index (Phi) is 6.32. The topological polar surface area (TPSA) is 50.7 Å². The quantitative estimate of drug-likeness (QED) is 0.810. The van der Waals surface area contributed by atoms with Crippen LogP contribution in [0.25, 0.3) is 0 Å². The summed E-state index contributed by atoms with van der Waals surface area (Å²) in [5.74, 6) is -0.254. The van der Waals surface area contributed by atoms with E-state index in [1.165, 1.54) is 12.1 Å². The lowest BCUT2D eigenvalue weighted by molar-refractivity contribution is -0.0593. The molecule has 0 aliphatic carbocycles. The van der Waals surface area contributed by atoms with Crippen LogP contribution in [-0.4, -0.2) is 43.7 Å². The van der Waals surface area contributed by atoms with E-state index in [9.17, 15) is 9.50 Å². The zero-order valence-corrected chi connectivity index (χ0v) is 13.3. The van der Waals surface area contributed by atoms with Crippen LogP contribution in [0.15, 0.2) is 24.3 Å². The van der Waals surface area contributed by atoms with E-state index in [-0.39, 0.29) is 11.9 Å². The van der Waals surface area contributed by atoms with Gasteiger partial charge in [-0.1, -0.05) is 12.1 Å². The van der Waals surface area contributed by atoms with Crippen LogP contribution in [0, 0.1) is 5.82 Å². The van der Waals surface area contributed by atoms with Crippen molar-refractivity contribution in [2.75, 3.05) is 26.4 Å². The lowest BCUT2D eigenvalue weighted by Gasteiger charge is -2.29. The molecule has 1 aromatic rings. The highest BCUT2D eigenvalue weighted by Gasteiger charge is 2.22. The number of aliphatic hydroxyl groups excluding tert-OH is 1. The molecule has 1 aliphatic heterocycles. The summed E-state index contributed by atoms with van der Waals surface area (Å²) >= 11 is 0. The van der Waals surface area contributed by atoms with Gasteiger partial charge in [0.2, 0.25) is 0 Å². The molecule has 124 valence electrons. The Balaban J connectivity index is 1.75. The monoisotopic (exact) mass is 311 g/mol. The van der Waals surface area contributed by atoms with Gasteiger partial charge in [0.05, 0.1) is 18.8 Å². The van der Waals surface area contributed by atoms with Crippen LogP contribution in [0.3, 0.4) is 0 Å². The van der Waals surface area contributed by atoms with E-state index in [1.54, 1.807) is 6.07 Å². The van der Waals surface area contributed by atoms with E-state index < -0.39 is 11.6 Å². The summed E-state index contributed by atoms with van der Waals surface area (Å²) < 4.78 is 24.3. The maximum atomic E-state index is 13.3. The summed E-state index contributed by atoms with van der Waals surface area (Å²) in [6.45, 7) is 6.09. The molecule has 5 heteroatoms. The molecule has 1 aliphatic rings. The van der Waals surface area contributed by atoms with E-state index >= 15 is 0 Å². The minimum atomic E-state index is -0.587. The molecule has 1 unspecified atom stereocenters. The third-order valence-corrected chi connectivity index (χ3v) is 4.02. The fourth-order valence-corrected chi connectivity index (χ4v) is 2.50. The Morgan fingerprint density at radius 3 is 2.82 bits per heavy atom. The standard InChI is InChI=1S/C17H26FNO3/c1-17(2,13-4-3-5-14(18)10-13)19-11-15(20)12-22-16-6-8-21-9-7-16/h3-5,10,15-16,19-20H,6-9,11-12H2,1-2H3. The molecule has 1 fully saturated rings. The number of nitrogens with one attached hydrogen (secondary N) is 1. The smallest absolute Gasteiger partial charge is 0.123 e. The fraction of sp³-hybridized carbons (Fsp3) is 0.647. The van der Waals surface area contributed by atoms with Gasteiger partial charge in [-0.15, -0.1) is 0 Å². The first-order chi connectivity index (χ1) is 10.5. The van der Waals surface area contributed by atoms with Gasteiger partial charge >= 0.3 is 0 Å². The van der Waals surface area contributed by atoms with Crippen molar-refractivity contribution >= 4 is 0 Å². The van der Waals surface area contributed by atoms with Gasteiger partial charge in [0.1, 0.15) is 5.82 Å². The largest absolute Gasteiger partial charge is 0.389 e. The van der Waals surface area contributed by atoms with Crippen molar-refractivity contribution in [3.8, 4) is 0 Å². The molecule has 1 saturated heterocycles. The highest BCUT2D eigenvalue weighted by Crippen LogP contribution is 2.20. The first-order valence-corrected chi connectivity index (χ1v) is 7.86. The van der Waals surface area contributed by atoms with Gasteiger partial charge < -0.3 is 19.9 Å². The van der Waals surface area contributed by atoms with Crippen molar-refractivity contribution in [2.45, 2.75) is 44.4 Å². The maximum Gasteiger partial charge on any atom is 0.123 e. The lowest BCUT2D eigenvalue weighted by atomic mass is 9.94. The Morgan fingerprint density at radius 2 is 2.14 bits per heavy atom. The fourth-order valence-electron chi connectivity index (χ4n) is 2.50. The molecule has 0 amide bonds. The number of ether oxygens (including phenoxy) is 2. The molecule has 0 radical (unpaired) electrons. The van der Waals surface area contributed by atoms with Crippen molar-refractivity contribution in [1.82, 2.24) is 5.32 Å². The first kappa shape index (κ1) is 17.3. The van der Waals surface area contributed by atoms with Crippen molar-refractivity contribution < 1.29 is 19.0 Å². The molecule has 4 nitrogen and oxygen atoms in total. The van der Waals surface area contributed by atoms with Crippen LogP contribution < -0.4 is 5.32 Å². The normalized spacial score (nSPS) is 18.4. The lowest BCUT2D eigenvalue weighted by Crippen LogP contribution is -2.43. The molecule has 0 spiro atoms. The van der Waals surface area contributed by atoms with Crippen LogP contribution >= 0.6 is 0 Å². The maximum absolute atomic E-state index is 13.3. The van der Waals surface area contributed by atoms with Gasteiger partial charge in [0.25, 0.3) is 0 Å². The predicted octanol–water partition coefficient (Wildman–Crippen LogP) is 2.21. The van der Waals surface area contributed by atoms with Gasteiger partial charge in [0, 0.05) is 25.3 Å². The Bertz CT molecular complexity index is 461. The van der Waals surface area contributed by atoms with Crippen LogP contribution in [0.1, 0.15) is 32.3 Å². The van der Waals surface area contributed by atoms with Gasteiger partial charge in [-0.25, -0.2) is 4.39 Å². The number of hydrogen-bond donors (Lipinski definition) is 2. The molecule has 1 heterocycles. The molecule has 22 heavy (non-hydrogen) atoms. The Labute approximate surface area is 131 Å². The summed E-state index contributed by atoms with van der Waals surface area (Å²) in [5, 5.41) is 13.3. The van der Waals surface area contributed by atoms with Crippen molar-refractivity contribution in [1.29, 1.82) is 0 Å².